The van der Waals surface area contributed by atoms with Crippen LogP contribution in [0.3, 0.4) is 0 Å². The maximum atomic E-state index is 5.97. The van der Waals surface area contributed by atoms with Gasteiger partial charge in [-0.1, -0.05) is 54.9 Å². The van der Waals surface area contributed by atoms with Gasteiger partial charge in [0.25, 0.3) is 0 Å². The average molecular weight is 300 g/mol. The first-order valence-electron chi connectivity index (χ1n) is 7.84. The first kappa shape index (κ1) is 14.6. The molecule has 2 aromatic rings. The molecule has 21 heavy (non-hydrogen) atoms. The van der Waals surface area contributed by atoms with Crippen molar-refractivity contribution in [3.8, 4) is 0 Å². The molecule has 110 valence electrons. The van der Waals surface area contributed by atoms with Crippen molar-refractivity contribution < 1.29 is 0 Å². The Hall–Kier alpha value is -1.31. The van der Waals surface area contributed by atoms with Crippen molar-refractivity contribution in [2.24, 2.45) is 0 Å². The molecule has 0 spiro atoms. The van der Waals surface area contributed by atoms with E-state index in [0.717, 1.165) is 23.9 Å². The number of halogens is 1. The number of hydrogen-bond donors (Lipinski definition) is 1. The highest BCUT2D eigenvalue weighted by atomic mass is 35.5. The summed E-state index contributed by atoms with van der Waals surface area (Å²) in [6.45, 7) is 3.13. The molecule has 1 N–H and O–H groups in total. The van der Waals surface area contributed by atoms with Crippen LogP contribution in [-0.2, 0) is 6.54 Å². The third kappa shape index (κ3) is 3.87. The second-order valence-corrected chi connectivity index (χ2v) is 6.35. The molecule has 1 fully saturated rings. The molecule has 2 aromatic carbocycles. The Balaban J connectivity index is 1.64. The molecule has 0 saturated heterocycles. The van der Waals surface area contributed by atoms with Crippen molar-refractivity contribution in [2.75, 3.05) is 0 Å². The van der Waals surface area contributed by atoms with Gasteiger partial charge >= 0.3 is 0 Å². The van der Waals surface area contributed by atoms with E-state index in [1.165, 1.54) is 29.5 Å². The quantitative estimate of drug-likeness (QED) is 0.747. The number of rotatable bonds is 6. The standard InChI is InChI=1S/C19H22ClN/c1-2-19(16-8-10-18(20)11-9-16)21-13-14-4-3-5-17(12-14)15-6-7-15/h3-5,8-12,15,19,21H,2,6-7,13H2,1H3. The Bertz CT molecular complexity index is 587. The van der Waals surface area contributed by atoms with Gasteiger partial charge in [0.1, 0.15) is 0 Å². The molecule has 0 amide bonds. The molecule has 0 aliphatic heterocycles. The molecule has 0 heterocycles. The third-order valence-electron chi connectivity index (χ3n) is 4.23. The van der Waals surface area contributed by atoms with Gasteiger partial charge in [-0.05, 0) is 54.0 Å². The van der Waals surface area contributed by atoms with Crippen molar-refractivity contribution in [2.45, 2.75) is 44.7 Å². The van der Waals surface area contributed by atoms with Gasteiger partial charge in [0, 0.05) is 17.6 Å². The molecule has 0 aromatic heterocycles. The summed E-state index contributed by atoms with van der Waals surface area (Å²) in [5.41, 5.74) is 4.20. The molecular weight excluding hydrogens is 278 g/mol. The van der Waals surface area contributed by atoms with E-state index in [4.69, 9.17) is 11.6 Å². The van der Waals surface area contributed by atoms with Crippen LogP contribution in [0.2, 0.25) is 5.02 Å². The summed E-state index contributed by atoms with van der Waals surface area (Å²) in [5.74, 6) is 0.822. The van der Waals surface area contributed by atoms with E-state index in [2.05, 4.69) is 48.6 Å². The summed E-state index contributed by atoms with van der Waals surface area (Å²) in [7, 11) is 0. The van der Waals surface area contributed by atoms with Crippen LogP contribution in [0.1, 0.15) is 54.8 Å². The van der Waals surface area contributed by atoms with Crippen LogP contribution in [-0.4, -0.2) is 0 Å². The number of hydrogen-bond acceptors (Lipinski definition) is 1. The minimum Gasteiger partial charge on any atom is -0.306 e. The third-order valence-corrected chi connectivity index (χ3v) is 4.48. The van der Waals surface area contributed by atoms with Gasteiger partial charge in [-0.15, -0.1) is 0 Å². The van der Waals surface area contributed by atoms with Crippen molar-refractivity contribution in [3.05, 3.63) is 70.2 Å². The molecule has 1 saturated carbocycles. The SMILES string of the molecule is CCC(NCc1cccc(C2CC2)c1)c1ccc(Cl)cc1. The molecule has 1 atom stereocenters. The predicted molar refractivity (Wildman–Crippen MR) is 89.7 cm³/mol. The lowest BCUT2D eigenvalue weighted by molar-refractivity contribution is 0.519. The van der Waals surface area contributed by atoms with Crippen LogP contribution < -0.4 is 5.32 Å². The molecule has 3 rings (SSSR count). The van der Waals surface area contributed by atoms with E-state index in [-0.39, 0.29) is 0 Å². The average Bonchev–Trinajstić information content (AvgIpc) is 3.35. The molecule has 1 aliphatic carbocycles. The van der Waals surface area contributed by atoms with Crippen LogP contribution in [0, 0.1) is 0 Å². The molecule has 1 nitrogen and oxygen atoms in total. The Morgan fingerprint density at radius 3 is 2.57 bits per heavy atom. The van der Waals surface area contributed by atoms with E-state index >= 15 is 0 Å². The van der Waals surface area contributed by atoms with Crippen molar-refractivity contribution in [3.63, 3.8) is 0 Å². The fraction of sp³-hybridized carbons (Fsp3) is 0.368. The molecule has 0 bridgehead atoms. The van der Waals surface area contributed by atoms with Gasteiger partial charge in [-0.2, -0.15) is 0 Å². The fourth-order valence-electron chi connectivity index (χ4n) is 2.81. The highest BCUT2D eigenvalue weighted by Crippen LogP contribution is 2.40. The van der Waals surface area contributed by atoms with Gasteiger partial charge in [0.05, 0.1) is 0 Å². The van der Waals surface area contributed by atoms with Gasteiger partial charge in [-0.25, -0.2) is 0 Å². The highest BCUT2D eigenvalue weighted by Gasteiger charge is 2.23. The predicted octanol–water partition coefficient (Wildman–Crippen LogP) is 5.46. The molecule has 1 unspecified atom stereocenters. The summed E-state index contributed by atoms with van der Waals surface area (Å²) in [6, 6.07) is 17.6. The van der Waals surface area contributed by atoms with Crippen molar-refractivity contribution >= 4 is 11.6 Å². The zero-order valence-electron chi connectivity index (χ0n) is 12.5. The lowest BCUT2D eigenvalue weighted by Gasteiger charge is -2.18. The summed E-state index contributed by atoms with van der Waals surface area (Å²) in [4.78, 5) is 0. The topological polar surface area (TPSA) is 12.0 Å². The van der Waals surface area contributed by atoms with E-state index < -0.39 is 0 Å². The van der Waals surface area contributed by atoms with Gasteiger partial charge < -0.3 is 5.32 Å². The van der Waals surface area contributed by atoms with E-state index in [0.29, 0.717) is 6.04 Å². The Labute approximate surface area is 132 Å². The normalized spacial score (nSPS) is 15.9. The summed E-state index contributed by atoms with van der Waals surface area (Å²) >= 11 is 5.97. The first-order valence-corrected chi connectivity index (χ1v) is 8.21. The zero-order chi connectivity index (χ0) is 14.7. The van der Waals surface area contributed by atoms with Crippen LogP contribution >= 0.6 is 11.6 Å². The maximum Gasteiger partial charge on any atom is 0.0406 e. The van der Waals surface area contributed by atoms with E-state index in [1.807, 2.05) is 12.1 Å². The Morgan fingerprint density at radius 2 is 1.90 bits per heavy atom. The van der Waals surface area contributed by atoms with Crippen LogP contribution in [0.25, 0.3) is 0 Å². The maximum absolute atomic E-state index is 5.97. The lowest BCUT2D eigenvalue weighted by Crippen LogP contribution is -2.20. The fourth-order valence-corrected chi connectivity index (χ4v) is 2.93. The number of nitrogens with one attached hydrogen (secondary N) is 1. The van der Waals surface area contributed by atoms with Gasteiger partial charge in [0.15, 0.2) is 0 Å². The van der Waals surface area contributed by atoms with Crippen LogP contribution in [0.5, 0.6) is 0 Å². The second kappa shape index (κ2) is 6.64. The smallest absolute Gasteiger partial charge is 0.0406 e. The largest absolute Gasteiger partial charge is 0.306 e. The van der Waals surface area contributed by atoms with Crippen molar-refractivity contribution in [1.82, 2.24) is 5.32 Å². The number of benzene rings is 2. The minimum absolute atomic E-state index is 0.381. The van der Waals surface area contributed by atoms with Crippen LogP contribution in [0.4, 0.5) is 0 Å². The second-order valence-electron chi connectivity index (χ2n) is 5.91. The van der Waals surface area contributed by atoms with Gasteiger partial charge in [0.2, 0.25) is 0 Å². The molecule has 2 heteroatoms. The molecule has 0 radical (unpaired) electrons. The summed E-state index contributed by atoms with van der Waals surface area (Å²) in [6.07, 6.45) is 3.79. The summed E-state index contributed by atoms with van der Waals surface area (Å²) in [5, 5.41) is 4.46. The van der Waals surface area contributed by atoms with Crippen molar-refractivity contribution in [1.29, 1.82) is 0 Å². The van der Waals surface area contributed by atoms with E-state index in [1.54, 1.807) is 0 Å². The highest BCUT2D eigenvalue weighted by molar-refractivity contribution is 6.30. The monoisotopic (exact) mass is 299 g/mol. The minimum atomic E-state index is 0.381. The first-order chi connectivity index (χ1) is 10.3. The van der Waals surface area contributed by atoms with Gasteiger partial charge in [-0.3, -0.25) is 0 Å². The van der Waals surface area contributed by atoms with Crippen LogP contribution in [0.15, 0.2) is 48.5 Å². The summed E-state index contributed by atoms with van der Waals surface area (Å²) < 4.78 is 0. The Kier molecular flexibility index (Phi) is 4.62. The Morgan fingerprint density at radius 1 is 1.14 bits per heavy atom. The molecular formula is C19H22ClN. The zero-order valence-corrected chi connectivity index (χ0v) is 13.2. The lowest BCUT2D eigenvalue weighted by atomic mass is 10.0. The van der Waals surface area contributed by atoms with E-state index in [9.17, 15) is 0 Å². The molecule has 1 aliphatic rings.